The summed E-state index contributed by atoms with van der Waals surface area (Å²) in [6, 6.07) is 14.8. The topological polar surface area (TPSA) is 101 Å². The molecule has 0 saturated carbocycles. The lowest BCUT2D eigenvalue weighted by Crippen LogP contribution is -2.42. The van der Waals surface area contributed by atoms with Crippen LogP contribution in [-0.2, 0) is 46.0 Å². The number of rotatable bonds is 6. The molecule has 1 aliphatic heterocycles. The van der Waals surface area contributed by atoms with Gasteiger partial charge < -0.3 is 9.47 Å². The molecule has 2 heterocycles. The van der Waals surface area contributed by atoms with E-state index in [9.17, 15) is 16.8 Å². The van der Waals surface area contributed by atoms with Crippen molar-refractivity contribution in [2.45, 2.75) is 53.2 Å². The summed E-state index contributed by atoms with van der Waals surface area (Å²) < 4.78 is 70.9. The molecular formula is C25H26BrNO7S2. The molecule has 11 heteroatoms. The zero-order valence-electron chi connectivity index (χ0n) is 19.8. The smallest absolute Gasteiger partial charge is 0.297 e. The fraction of sp³-hybridized carbons (Fsp3) is 0.360. The van der Waals surface area contributed by atoms with Crippen LogP contribution in [0, 0.1) is 13.8 Å². The van der Waals surface area contributed by atoms with E-state index >= 15 is 0 Å². The molecule has 2 aromatic carbocycles. The zero-order valence-corrected chi connectivity index (χ0v) is 23.0. The number of hydrogen-bond donors (Lipinski definition) is 0. The quantitative estimate of drug-likeness (QED) is 0.313. The molecule has 3 unspecified atom stereocenters. The Balaban J connectivity index is 1.38. The minimum atomic E-state index is -3.96. The fourth-order valence-electron chi connectivity index (χ4n) is 4.54. The summed E-state index contributed by atoms with van der Waals surface area (Å²) in [5.41, 5.74) is 3.10. The first kappa shape index (κ1) is 25.6. The Bertz CT molecular complexity index is 1480. The van der Waals surface area contributed by atoms with Crippen LogP contribution in [0.15, 0.2) is 70.6 Å². The van der Waals surface area contributed by atoms with Crippen molar-refractivity contribution in [3.63, 3.8) is 0 Å². The van der Waals surface area contributed by atoms with E-state index in [1.54, 1.807) is 42.5 Å². The van der Waals surface area contributed by atoms with Crippen molar-refractivity contribution in [1.29, 1.82) is 0 Å². The number of aromatic nitrogens is 1. The van der Waals surface area contributed by atoms with Crippen molar-refractivity contribution in [2.75, 3.05) is 13.2 Å². The van der Waals surface area contributed by atoms with Crippen LogP contribution in [0.1, 0.15) is 28.8 Å². The van der Waals surface area contributed by atoms with Gasteiger partial charge in [0.2, 0.25) is 5.79 Å². The number of aryl methyl sites for hydroxylation is 2. The molecule has 3 aromatic rings. The molecule has 1 aromatic heterocycles. The standard InChI is InChI=1S/C25H26BrNO7S2/c1-17-3-7-20(8-4-17)35(28,29)27-14-13-22-23(27)11-12-24(26)25(22)32-15-19(34-25)16-33-36(30,31)21-9-5-18(2)6-10-21/h3-10,13-14,19,24H,11-12,15-16H2,1-2H3. The predicted molar refractivity (Wildman–Crippen MR) is 136 cm³/mol. The molecule has 0 bridgehead atoms. The van der Waals surface area contributed by atoms with Gasteiger partial charge in [0.15, 0.2) is 0 Å². The van der Waals surface area contributed by atoms with Crippen LogP contribution in [0.2, 0.25) is 0 Å². The normalized spacial score (nSPS) is 24.2. The minimum Gasteiger partial charge on any atom is -0.342 e. The van der Waals surface area contributed by atoms with Gasteiger partial charge >= 0.3 is 0 Å². The number of fused-ring (bicyclic) bond motifs is 2. The second-order valence-electron chi connectivity index (χ2n) is 9.07. The molecule has 8 nitrogen and oxygen atoms in total. The lowest BCUT2D eigenvalue weighted by Gasteiger charge is -2.37. The number of alkyl halides is 1. The maximum absolute atomic E-state index is 13.4. The lowest BCUT2D eigenvalue weighted by atomic mass is 9.91. The first-order valence-electron chi connectivity index (χ1n) is 11.5. The molecule has 0 radical (unpaired) electrons. The van der Waals surface area contributed by atoms with Gasteiger partial charge in [-0.15, -0.1) is 0 Å². The van der Waals surface area contributed by atoms with E-state index in [0.717, 1.165) is 11.1 Å². The van der Waals surface area contributed by atoms with Gasteiger partial charge in [-0.05, 0) is 57.0 Å². The molecule has 1 aliphatic carbocycles. The Morgan fingerprint density at radius 3 is 2.22 bits per heavy atom. The molecule has 1 fully saturated rings. The van der Waals surface area contributed by atoms with Crippen LogP contribution in [0.25, 0.3) is 0 Å². The van der Waals surface area contributed by atoms with E-state index in [4.69, 9.17) is 13.7 Å². The molecule has 0 amide bonds. The van der Waals surface area contributed by atoms with Crippen LogP contribution in [0.4, 0.5) is 0 Å². The summed E-state index contributed by atoms with van der Waals surface area (Å²) in [6.07, 6.45) is 1.93. The molecule has 0 N–H and O–H groups in total. The second kappa shape index (κ2) is 9.38. The SMILES string of the molecule is Cc1ccc(S(=O)(=O)OCC2COC3(O2)c2ccn(S(=O)(=O)c4ccc(C)cc4)c2CCC3Br)cc1. The Kier molecular flexibility index (Phi) is 6.67. The highest BCUT2D eigenvalue weighted by Crippen LogP contribution is 2.48. The average molecular weight is 597 g/mol. The molecule has 2 aliphatic rings. The summed E-state index contributed by atoms with van der Waals surface area (Å²) in [6.45, 7) is 3.64. The molecule has 5 rings (SSSR count). The third-order valence-corrected chi connectivity index (χ3v) is 10.6. The van der Waals surface area contributed by atoms with Crippen LogP contribution in [-0.4, -0.2) is 45.0 Å². The zero-order chi connectivity index (χ0) is 25.7. The number of benzene rings is 2. The Hall–Kier alpha value is -2.02. The predicted octanol–water partition coefficient (Wildman–Crippen LogP) is 4.03. The number of nitrogens with zero attached hydrogens (tertiary/aromatic N) is 1. The molecule has 1 spiro atoms. The van der Waals surface area contributed by atoms with Gasteiger partial charge in [-0.25, -0.2) is 12.4 Å². The number of halogens is 1. The van der Waals surface area contributed by atoms with Gasteiger partial charge in [0.25, 0.3) is 20.1 Å². The first-order chi connectivity index (χ1) is 17.0. The molecule has 36 heavy (non-hydrogen) atoms. The Labute approximate surface area is 219 Å². The van der Waals surface area contributed by atoms with E-state index < -0.39 is 32.0 Å². The monoisotopic (exact) mass is 595 g/mol. The van der Waals surface area contributed by atoms with Crippen molar-refractivity contribution in [2.24, 2.45) is 0 Å². The van der Waals surface area contributed by atoms with Crippen molar-refractivity contribution < 1.29 is 30.5 Å². The number of hydrogen-bond acceptors (Lipinski definition) is 7. The summed E-state index contributed by atoms with van der Waals surface area (Å²) in [5, 5.41) is 0. The molecular weight excluding hydrogens is 570 g/mol. The average Bonchev–Trinajstić information content (AvgIpc) is 3.47. The van der Waals surface area contributed by atoms with Crippen molar-refractivity contribution in [3.05, 3.63) is 83.2 Å². The third-order valence-electron chi connectivity index (χ3n) is 6.50. The van der Waals surface area contributed by atoms with Gasteiger partial charge in [-0.2, -0.15) is 8.42 Å². The first-order valence-corrected chi connectivity index (χ1v) is 15.2. The summed E-state index contributed by atoms with van der Waals surface area (Å²) >= 11 is 3.65. The molecule has 192 valence electrons. The fourth-order valence-corrected chi connectivity index (χ4v) is 7.60. The molecule has 3 atom stereocenters. The maximum Gasteiger partial charge on any atom is 0.297 e. The summed E-state index contributed by atoms with van der Waals surface area (Å²) in [7, 11) is -7.77. The van der Waals surface area contributed by atoms with Crippen LogP contribution < -0.4 is 0 Å². The highest BCUT2D eigenvalue weighted by atomic mass is 79.9. The van der Waals surface area contributed by atoms with E-state index in [1.165, 1.54) is 22.3 Å². The second-order valence-corrected chi connectivity index (χ2v) is 13.6. The van der Waals surface area contributed by atoms with E-state index in [2.05, 4.69) is 15.9 Å². The van der Waals surface area contributed by atoms with Crippen molar-refractivity contribution in [1.82, 2.24) is 3.97 Å². The van der Waals surface area contributed by atoms with Gasteiger partial charge in [-0.1, -0.05) is 51.3 Å². The maximum atomic E-state index is 13.4. The van der Waals surface area contributed by atoms with Crippen molar-refractivity contribution >= 4 is 36.1 Å². The van der Waals surface area contributed by atoms with Crippen LogP contribution >= 0.6 is 15.9 Å². The van der Waals surface area contributed by atoms with Crippen LogP contribution in [0.5, 0.6) is 0 Å². The summed E-state index contributed by atoms with van der Waals surface area (Å²) in [4.78, 5) is 0.00920. The van der Waals surface area contributed by atoms with E-state index in [1.807, 2.05) is 13.8 Å². The highest BCUT2D eigenvalue weighted by molar-refractivity contribution is 9.09. The van der Waals surface area contributed by atoms with Gasteiger partial charge in [0.05, 0.1) is 27.8 Å². The van der Waals surface area contributed by atoms with Crippen LogP contribution in [0.3, 0.4) is 0 Å². The summed E-state index contributed by atoms with van der Waals surface area (Å²) in [5.74, 6) is -1.25. The molecule has 1 saturated heterocycles. The largest absolute Gasteiger partial charge is 0.342 e. The van der Waals surface area contributed by atoms with Gasteiger partial charge in [0, 0.05) is 17.5 Å². The Morgan fingerprint density at radius 2 is 1.58 bits per heavy atom. The van der Waals surface area contributed by atoms with Crippen molar-refractivity contribution in [3.8, 4) is 0 Å². The van der Waals surface area contributed by atoms with Gasteiger partial charge in [-0.3, -0.25) is 4.18 Å². The lowest BCUT2D eigenvalue weighted by molar-refractivity contribution is -0.182. The van der Waals surface area contributed by atoms with E-state index in [-0.39, 0.29) is 27.8 Å². The number of ether oxygens (including phenoxy) is 2. The Morgan fingerprint density at radius 1 is 0.972 bits per heavy atom. The highest BCUT2D eigenvalue weighted by Gasteiger charge is 2.53. The van der Waals surface area contributed by atoms with Gasteiger partial charge in [0.1, 0.15) is 6.10 Å². The van der Waals surface area contributed by atoms with E-state index in [0.29, 0.717) is 24.1 Å². The minimum absolute atomic E-state index is 0.0680. The third kappa shape index (κ3) is 4.46.